The minimum absolute atomic E-state index is 0.0399. The molecule has 488 valence electrons. The van der Waals surface area contributed by atoms with Crippen molar-refractivity contribution in [2.75, 3.05) is 47.5 Å². The number of phosphoric acid groups is 1. The van der Waals surface area contributed by atoms with Gasteiger partial charge in [0.2, 0.25) is 0 Å². The summed E-state index contributed by atoms with van der Waals surface area (Å²) in [6.45, 7) is 4.00. The lowest BCUT2D eigenvalue weighted by molar-refractivity contribution is -0.870. The van der Waals surface area contributed by atoms with Crippen molar-refractivity contribution in [1.82, 2.24) is 0 Å². The highest BCUT2D eigenvalue weighted by Gasteiger charge is 2.22. The fourth-order valence-electron chi connectivity index (χ4n) is 8.88. The molecule has 0 saturated carbocycles. The van der Waals surface area contributed by atoms with Gasteiger partial charge >= 0.3 is 11.9 Å². The predicted octanol–water partition coefficient (Wildman–Crippen LogP) is 21.7. The molecular weight excluding hydrogens is 1090 g/mol. The van der Waals surface area contributed by atoms with Crippen LogP contribution in [0.15, 0.2) is 158 Å². The second-order valence-corrected chi connectivity index (χ2v) is 24.8. The SMILES string of the molecule is CC/C=C\C/C=C\C/C=C\C/C=C\C/C=C\C/C=C\C/C=C\C/C=C\CCCCCCCCCCCCC(=O)OC(COC(=O)CCCCCCCCCCCCC/C=C\C/C=C\C/C=C\C/C=C\C/C=C\CC)COP(=O)([O-])OCC[N+](C)(C)C. The lowest BCUT2D eigenvalue weighted by Gasteiger charge is -2.28. The molecule has 0 rings (SSSR count). The number of phosphoric ester groups is 1. The van der Waals surface area contributed by atoms with Gasteiger partial charge in [-0.15, -0.1) is 0 Å². The zero-order valence-corrected chi connectivity index (χ0v) is 56.3. The maximum atomic E-state index is 12.9. The van der Waals surface area contributed by atoms with Crippen LogP contribution >= 0.6 is 7.82 Å². The molecule has 0 heterocycles. The monoisotopic (exact) mass is 1210 g/mol. The van der Waals surface area contributed by atoms with E-state index in [0.29, 0.717) is 17.4 Å². The van der Waals surface area contributed by atoms with E-state index in [9.17, 15) is 19.0 Å². The highest BCUT2D eigenvalue weighted by molar-refractivity contribution is 7.45. The first-order valence-electron chi connectivity index (χ1n) is 34.2. The first-order valence-corrected chi connectivity index (χ1v) is 35.7. The van der Waals surface area contributed by atoms with Gasteiger partial charge in [-0.2, -0.15) is 0 Å². The molecule has 86 heavy (non-hydrogen) atoms. The zero-order valence-electron chi connectivity index (χ0n) is 55.4. The standard InChI is InChI=1S/C76H126NO8P/c1-6-8-10-12-14-16-18-20-22-24-26-28-30-32-34-35-36-37-38-39-40-41-43-45-47-49-51-53-55-57-59-61-63-65-67-69-76(79)85-74(73-84-86(80,81)83-71-70-77(3,4)5)72-82-75(78)68-66-64-62-60-58-56-54-52-50-48-46-44-42-33-31-29-27-25-23-21-19-17-15-13-11-9-7-2/h8-11,14-17,20-23,26-29,32-34,36-37,39-40,42-43,45,74H,6-7,12-13,18-19,24-25,30-31,35,38,41,44,46-73H2,1-5H3/b10-8-,11-9-,16-14-,17-15-,22-20-,23-21-,28-26-,29-27-,34-32-,37-36-,40-39-,42-33-,45-43-. The van der Waals surface area contributed by atoms with Crippen LogP contribution in [-0.4, -0.2) is 70.0 Å². The number of nitrogens with zero attached hydrogens (tertiary/aromatic N) is 1. The number of esters is 2. The molecule has 0 radical (unpaired) electrons. The van der Waals surface area contributed by atoms with Gasteiger partial charge in [-0.05, 0) is 122 Å². The van der Waals surface area contributed by atoms with Gasteiger partial charge in [0, 0.05) is 12.8 Å². The fourth-order valence-corrected chi connectivity index (χ4v) is 9.60. The third kappa shape index (κ3) is 68.7. The average Bonchev–Trinajstić information content (AvgIpc) is 3.56. The number of quaternary nitrogens is 1. The Bertz CT molecular complexity index is 2010. The first-order chi connectivity index (χ1) is 42.0. The van der Waals surface area contributed by atoms with Crippen LogP contribution in [-0.2, 0) is 32.7 Å². The number of hydrogen-bond donors (Lipinski definition) is 0. The Morgan fingerprint density at radius 2 is 0.628 bits per heavy atom. The number of carbonyl (C=O) groups excluding carboxylic acids is 2. The first kappa shape index (κ1) is 81.6. The molecular formula is C76H126NO8P. The van der Waals surface area contributed by atoms with Gasteiger partial charge in [0.15, 0.2) is 6.10 Å². The van der Waals surface area contributed by atoms with Crippen molar-refractivity contribution in [3.05, 3.63) is 158 Å². The predicted molar refractivity (Wildman–Crippen MR) is 369 cm³/mol. The van der Waals surface area contributed by atoms with Crippen molar-refractivity contribution < 1.29 is 42.1 Å². The van der Waals surface area contributed by atoms with Crippen molar-refractivity contribution in [1.29, 1.82) is 0 Å². The molecule has 0 aromatic rings. The van der Waals surface area contributed by atoms with Gasteiger partial charge in [0.1, 0.15) is 19.8 Å². The number of ether oxygens (including phenoxy) is 2. The van der Waals surface area contributed by atoms with E-state index in [0.717, 1.165) is 141 Å². The molecule has 0 N–H and O–H groups in total. The Balaban J connectivity index is 4.13. The molecule has 0 spiro atoms. The Morgan fingerprint density at radius 1 is 0.360 bits per heavy atom. The van der Waals surface area contributed by atoms with Crippen LogP contribution in [0.4, 0.5) is 0 Å². The summed E-state index contributed by atoms with van der Waals surface area (Å²) in [5.74, 6) is -0.848. The molecule has 0 fully saturated rings. The van der Waals surface area contributed by atoms with Gasteiger partial charge in [-0.1, -0.05) is 281 Å². The van der Waals surface area contributed by atoms with Crippen molar-refractivity contribution in [3.63, 3.8) is 0 Å². The molecule has 0 aliphatic carbocycles. The minimum atomic E-state index is -4.65. The molecule has 0 amide bonds. The Kier molecular flexibility index (Phi) is 61.8. The van der Waals surface area contributed by atoms with E-state index in [1.165, 1.54) is 83.5 Å². The molecule has 2 atom stereocenters. The maximum Gasteiger partial charge on any atom is 0.306 e. The zero-order chi connectivity index (χ0) is 62.6. The van der Waals surface area contributed by atoms with Crippen molar-refractivity contribution in [3.8, 4) is 0 Å². The van der Waals surface area contributed by atoms with Crippen LogP contribution < -0.4 is 4.89 Å². The second kappa shape index (κ2) is 65.1. The van der Waals surface area contributed by atoms with Crippen molar-refractivity contribution >= 4 is 19.8 Å². The maximum absolute atomic E-state index is 12.9. The summed E-state index contributed by atoms with van der Waals surface area (Å²) >= 11 is 0. The number of hydrogen-bond acceptors (Lipinski definition) is 8. The van der Waals surface area contributed by atoms with E-state index in [-0.39, 0.29) is 26.1 Å². The third-order valence-electron chi connectivity index (χ3n) is 14.0. The summed E-state index contributed by atoms with van der Waals surface area (Å²) in [4.78, 5) is 38.1. The number of likely N-dealkylation sites (N-methyl/N-ethyl adjacent to an activating group) is 1. The summed E-state index contributed by atoms with van der Waals surface area (Å²) < 4.78 is 34.3. The van der Waals surface area contributed by atoms with Crippen molar-refractivity contribution in [2.45, 2.75) is 264 Å². The number of rotatable bonds is 61. The van der Waals surface area contributed by atoms with E-state index in [4.69, 9.17) is 18.5 Å². The highest BCUT2D eigenvalue weighted by Crippen LogP contribution is 2.38. The van der Waals surface area contributed by atoms with Crippen LogP contribution in [0.25, 0.3) is 0 Å². The second-order valence-electron chi connectivity index (χ2n) is 23.4. The molecule has 0 aliphatic rings. The molecule has 0 aliphatic heterocycles. The third-order valence-corrected chi connectivity index (χ3v) is 15.0. The number of unbranched alkanes of at least 4 members (excludes halogenated alkanes) is 21. The van der Waals surface area contributed by atoms with Crippen LogP contribution in [0, 0.1) is 0 Å². The van der Waals surface area contributed by atoms with Crippen LogP contribution in [0.2, 0.25) is 0 Å². The number of allylic oxidation sites excluding steroid dienone is 26. The lowest BCUT2D eigenvalue weighted by Crippen LogP contribution is -2.37. The van der Waals surface area contributed by atoms with E-state index < -0.39 is 32.5 Å². The summed E-state index contributed by atoms with van der Waals surface area (Å²) in [6, 6.07) is 0. The van der Waals surface area contributed by atoms with E-state index in [1.54, 1.807) is 0 Å². The number of carbonyl (C=O) groups is 2. The van der Waals surface area contributed by atoms with Gasteiger partial charge < -0.3 is 27.9 Å². The smallest absolute Gasteiger partial charge is 0.306 e. The minimum Gasteiger partial charge on any atom is -0.756 e. The van der Waals surface area contributed by atoms with Gasteiger partial charge in [0.25, 0.3) is 7.82 Å². The summed E-state index contributed by atoms with van der Waals surface area (Å²) in [5, 5.41) is 0. The highest BCUT2D eigenvalue weighted by atomic mass is 31.2. The van der Waals surface area contributed by atoms with Gasteiger partial charge in [-0.25, -0.2) is 0 Å². The van der Waals surface area contributed by atoms with Crippen LogP contribution in [0.1, 0.15) is 258 Å². The molecule has 9 nitrogen and oxygen atoms in total. The molecule has 0 saturated heterocycles. The van der Waals surface area contributed by atoms with E-state index in [2.05, 4.69) is 172 Å². The molecule has 2 unspecified atom stereocenters. The van der Waals surface area contributed by atoms with Crippen molar-refractivity contribution in [2.24, 2.45) is 0 Å². The van der Waals surface area contributed by atoms with Crippen LogP contribution in [0.3, 0.4) is 0 Å². The Hall–Kier alpha value is -4.37. The topological polar surface area (TPSA) is 111 Å². The largest absolute Gasteiger partial charge is 0.756 e. The molecule has 0 bridgehead atoms. The molecule has 0 aromatic heterocycles. The van der Waals surface area contributed by atoms with E-state index in [1.807, 2.05) is 21.1 Å². The molecule has 0 aromatic carbocycles. The Labute approximate surface area is 528 Å². The van der Waals surface area contributed by atoms with E-state index >= 15 is 0 Å². The lowest BCUT2D eigenvalue weighted by atomic mass is 10.0. The molecule has 10 heteroatoms. The average molecular weight is 1210 g/mol. The van der Waals surface area contributed by atoms with Gasteiger partial charge in [-0.3, -0.25) is 14.2 Å². The summed E-state index contributed by atoms with van der Waals surface area (Å²) in [5.41, 5.74) is 0. The summed E-state index contributed by atoms with van der Waals surface area (Å²) in [6.07, 6.45) is 97.3. The fraction of sp³-hybridized carbons (Fsp3) is 0.632. The summed E-state index contributed by atoms with van der Waals surface area (Å²) in [7, 11) is 1.14. The van der Waals surface area contributed by atoms with Gasteiger partial charge in [0.05, 0.1) is 27.7 Å². The quantitative estimate of drug-likeness (QED) is 0.0195. The normalized spacial score (nSPS) is 14.2. The van der Waals surface area contributed by atoms with Crippen LogP contribution in [0.5, 0.6) is 0 Å². The Morgan fingerprint density at radius 3 is 0.930 bits per heavy atom.